The lowest BCUT2D eigenvalue weighted by Crippen LogP contribution is -2.10. The van der Waals surface area contributed by atoms with E-state index < -0.39 is 0 Å². The summed E-state index contributed by atoms with van der Waals surface area (Å²) in [6, 6.07) is 18.2. The largest absolute Gasteiger partial charge is 0.365 e. The molecule has 1 saturated heterocycles. The van der Waals surface area contributed by atoms with Crippen molar-refractivity contribution in [2.24, 2.45) is 0 Å². The molecular weight excluding hydrogens is 260 g/mol. The summed E-state index contributed by atoms with van der Waals surface area (Å²) in [5.74, 6) is 6.39. The van der Waals surface area contributed by atoms with E-state index in [1.807, 2.05) is 42.5 Å². The van der Waals surface area contributed by atoms with E-state index in [9.17, 15) is 0 Å². The topological polar surface area (TPSA) is 21.8 Å². The lowest BCUT2D eigenvalue weighted by atomic mass is 9.93. The zero-order valence-electron chi connectivity index (χ0n) is 12.3. The van der Waals surface area contributed by atoms with Crippen LogP contribution in [-0.4, -0.2) is 13.7 Å². The molecule has 2 unspecified atom stereocenters. The minimum absolute atomic E-state index is 0.179. The molecule has 0 aliphatic carbocycles. The second kappa shape index (κ2) is 5.73. The Morgan fingerprint density at radius 2 is 1.76 bits per heavy atom. The van der Waals surface area contributed by atoms with Crippen LogP contribution >= 0.6 is 0 Å². The van der Waals surface area contributed by atoms with Crippen LogP contribution < -0.4 is 0 Å². The molecule has 2 atom stereocenters. The highest BCUT2D eigenvalue weighted by Crippen LogP contribution is 2.41. The van der Waals surface area contributed by atoms with Crippen LogP contribution in [0.3, 0.4) is 0 Å². The number of methoxy groups -OCH3 is 1. The van der Waals surface area contributed by atoms with Crippen LogP contribution in [0.25, 0.3) is 0 Å². The molecule has 3 rings (SSSR count). The number of hydrogen-bond donors (Lipinski definition) is 0. The molecule has 2 aromatic carbocycles. The van der Waals surface area contributed by atoms with E-state index in [1.54, 1.807) is 7.11 Å². The van der Waals surface area contributed by atoms with Crippen molar-refractivity contribution in [2.45, 2.75) is 18.6 Å². The van der Waals surface area contributed by atoms with Gasteiger partial charge in [-0.1, -0.05) is 54.3 Å². The first kappa shape index (κ1) is 13.9. The van der Waals surface area contributed by atoms with Crippen molar-refractivity contribution in [1.82, 2.24) is 0 Å². The van der Waals surface area contributed by atoms with Gasteiger partial charge in [0, 0.05) is 12.7 Å². The van der Waals surface area contributed by atoms with E-state index >= 15 is 0 Å². The molecule has 106 valence electrons. The van der Waals surface area contributed by atoms with Crippen LogP contribution in [0, 0.1) is 11.8 Å². The van der Waals surface area contributed by atoms with Gasteiger partial charge < -0.3 is 9.47 Å². The maximum atomic E-state index is 5.59. The van der Waals surface area contributed by atoms with Crippen LogP contribution in [0.5, 0.6) is 0 Å². The lowest BCUT2D eigenvalue weighted by molar-refractivity contribution is 0.148. The molecule has 0 spiro atoms. The number of ether oxygens (including phenoxy) is 2. The van der Waals surface area contributed by atoms with Gasteiger partial charge in [0.1, 0.15) is 11.7 Å². The second-order valence-electron chi connectivity index (χ2n) is 5.36. The SMILES string of the molecule is COC(C#Cc1ccccc1)c1ccccc1C1(C)CO1. The first-order chi connectivity index (χ1) is 10.2. The predicted molar refractivity (Wildman–Crippen MR) is 82.8 cm³/mol. The van der Waals surface area contributed by atoms with E-state index in [0.29, 0.717) is 0 Å². The Hall–Kier alpha value is -2.08. The summed E-state index contributed by atoms with van der Waals surface area (Å²) in [6.07, 6.45) is -0.248. The molecule has 2 nitrogen and oxygen atoms in total. The van der Waals surface area contributed by atoms with Crippen molar-refractivity contribution in [3.05, 3.63) is 71.3 Å². The van der Waals surface area contributed by atoms with Crippen LogP contribution in [0.1, 0.15) is 29.7 Å². The highest BCUT2D eigenvalue weighted by Gasteiger charge is 2.43. The Morgan fingerprint density at radius 3 is 2.43 bits per heavy atom. The van der Waals surface area contributed by atoms with Gasteiger partial charge in [-0.25, -0.2) is 0 Å². The molecule has 1 heterocycles. The summed E-state index contributed by atoms with van der Waals surface area (Å²) < 4.78 is 11.2. The maximum absolute atomic E-state index is 5.59. The third-order valence-electron chi connectivity index (χ3n) is 3.75. The van der Waals surface area contributed by atoms with Gasteiger partial charge >= 0.3 is 0 Å². The highest BCUT2D eigenvalue weighted by molar-refractivity contribution is 5.42. The van der Waals surface area contributed by atoms with Gasteiger partial charge in [-0.05, 0) is 30.2 Å². The number of benzene rings is 2. The van der Waals surface area contributed by atoms with Crippen molar-refractivity contribution in [1.29, 1.82) is 0 Å². The molecule has 2 heteroatoms. The average Bonchev–Trinajstić information content (AvgIpc) is 3.28. The van der Waals surface area contributed by atoms with Gasteiger partial charge in [-0.2, -0.15) is 0 Å². The van der Waals surface area contributed by atoms with Crippen LogP contribution in [0.15, 0.2) is 54.6 Å². The van der Waals surface area contributed by atoms with Crippen LogP contribution in [0.2, 0.25) is 0 Å². The van der Waals surface area contributed by atoms with E-state index in [2.05, 4.69) is 30.9 Å². The van der Waals surface area contributed by atoms with E-state index in [1.165, 1.54) is 5.56 Å². The molecule has 1 aliphatic rings. The summed E-state index contributed by atoms with van der Waals surface area (Å²) in [5, 5.41) is 0. The Labute approximate surface area is 125 Å². The summed E-state index contributed by atoms with van der Waals surface area (Å²) in [4.78, 5) is 0. The fourth-order valence-corrected chi connectivity index (χ4v) is 2.41. The fourth-order valence-electron chi connectivity index (χ4n) is 2.41. The number of epoxide rings is 1. The van der Waals surface area contributed by atoms with Crippen molar-refractivity contribution in [3.8, 4) is 11.8 Å². The van der Waals surface area contributed by atoms with Crippen LogP contribution in [0.4, 0.5) is 0 Å². The standard InChI is InChI=1S/C19H18O2/c1-19(14-21-19)17-11-7-6-10-16(17)18(20-2)13-12-15-8-4-3-5-9-15/h3-11,18H,14H2,1-2H3. The van der Waals surface area contributed by atoms with Crippen molar-refractivity contribution < 1.29 is 9.47 Å². The normalized spacial score (nSPS) is 21.2. The summed E-state index contributed by atoms with van der Waals surface area (Å²) in [7, 11) is 1.69. The van der Waals surface area contributed by atoms with E-state index in [4.69, 9.17) is 9.47 Å². The molecule has 1 fully saturated rings. The molecule has 2 aromatic rings. The van der Waals surface area contributed by atoms with Gasteiger partial charge in [0.25, 0.3) is 0 Å². The quantitative estimate of drug-likeness (QED) is 0.631. The molecule has 0 bridgehead atoms. The van der Waals surface area contributed by atoms with E-state index in [0.717, 1.165) is 17.7 Å². The molecule has 0 saturated carbocycles. The summed E-state index contributed by atoms with van der Waals surface area (Å²) >= 11 is 0. The fraction of sp³-hybridized carbons (Fsp3) is 0.263. The Balaban J connectivity index is 1.93. The van der Waals surface area contributed by atoms with Crippen LogP contribution in [-0.2, 0) is 15.1 Å². The predicted octanol–water partition coefficient (Wildman–Crippen LogP) is 3.67. The van der Waals surface area contributed by atoms with Crippen molar-refractivity contribution in [2.75, 3.05) is 13.7 Å². The first-order valence-corrected chi connectivity index (χ1v) is 7.06. The smallest absolute Gasteiger partial charge is 0.143 e. The van der Waals surface area contributed by atoms with E-state index in [-0.39, 0.29) is 11.7 Å². The zero-order chi connectivity index (χ0) is 14.7. The molecular formula is C19H18O2. The molecule has 0 radical (unpaired) electrons. The van der Waals surface area contributed by atoms with Gasteiger partial charge in [0.15, 0.2) is 0 Å². The highest BCUT2D eigenvalue weighted by atomic mass is 16.6. The maximum Gasteiger partial charge on any atom is 0.143 e. The molecule has 0 aromatic heterocycles. The molecule has 0 N–H and O–H groups in total. The summed E-state index contributed by atoms with van der Waals surface area (Å²) in [6.45, 7) is 2.86. The third kappa shape index (κ3) is 3.00. The molecule has 0 amide bonds. The minimum atomic E-state index is -0.248. The Kier molecular flexibility index (Phi) is 3.79. The van der Waals surface area contributed by atoms with Crippen molar-refractivity contribution >= 4 is 0 Å². The average molecular weight is 278 g/mol. The number of rotatable bonds is 3. The Bertz CT molecular complexity index is 675. The van der Waals surface area contributed by atoms with Gasteiger partial charge in [0.2, 0.25) is 0 Å². The minimum Gasteiger partial charge on any atom is -0.365 e. The molecule has 1 aliphatic heterocycles. The van der Waals surface area contributed by atoms with Crippen molar-refractivity contribution in [3.63, 3.8) is 0 Å². The van der Waals surface area contributed by atoms with Gasteiger partial charge in [-0.15, -0.1) is 0 Å². The third-order valence-corrected chi connectivity index (χ3v) is 3.75. The summed E-state index contributed by atoms with van der Waals surface area (Å²) in [5.41, 5.74) is 3.07. The van der Waals surface area contributed by atoms with Gasteiger partial charge in [0.05, 0.1) is 6.61 Å². The lowest BCUT2D eigenvalue weighted by Gasteiger charge is -2.16. The Morgan fingerprint density at radius 1 is 1.10 bits per heavy atom. The number of hydrogen-bond acceptors (Lipinski definition) is 2. The molecule has 21 heavy (non-hydrogen) atoms. The van der Waals surface area contributed by atoms with Gasteiger partial charge in [-0.3, -0.25) is 0 Å². The first-order valence-electron chi connectivity index (χ1n) is 7.06. The monoisotopic (exact) mass is 278 g/mol. The second-order valence-corrected chi connectivity index (χ2v) is 5.36. The zero-order valence-corrected chi connectivity index (χ0v) is 12.3.